The minimum atomic E-state index is -0.0500. The van der Waals surface area contributed by atoms with E-state index in [0.29, 0.717) is 6.54 Å². The SMILES string of the molecule is Cc1ccc2[nH]cc(CCNC(=O)N(C)C)c2c1. The van der Waals surface area contributed by atoms with Gasteiger partial charge in [0.2, 0.25) is 0 Å². The summed E-state index contributed by atoms with van der Waals surface area (Å²) >= 11 is 0. The third-order valence-corrected chi connectivity index (χ3v) is 3.00. The van der Waals surface area contributed by atoms with Crippen LogP contribution in [-0.4, -0.2) is 36.6 Å². The summed E-state index contributed by atoms with van der Waals surface area (Å²) in [4.78, 5) is 16.2. The van der Waals surface area contributed by atoms with Gasteiger partial charge in [-0.2, -0.15) is 0 Å². The molecule has 4 nitrogen and oxygen atoms in total. The summed E-state index contributed by atoms with van der Waals surface area (Å²) in [7, 11) is 3.48. The molecule has 18 heavy (non-hydrogen) atoms. The Labute approximate surface area is 107 Å². The lowest BCUT2D eigenvalue weighted by Crippen LogP contribution is -2.35. The van der Waals surface area contributed by atoms with Gasteiger partial charge in [-0.25, -0.2) is 4.79 Å². The van der Waals surface area contributed by atoms with Crippen LogP contribution in [0.5, 0.6) is 0 Å². The van der Waals surface area contributed by atoms with Crippen LogP contribution in [0.1, 0.15) is 11.1 Å². The van der Waals surface area contributed by atoms with Crippen molar-refractivity contribution in [3.8, 4) is 0 Å². The molecule has 4 heteroatoms. The number of amides is 2. The Morgan fingerprint density at radius 3 is 2.89 bits per heavy atom. The van der Waals surface area contributed by atoms with E-state index in [2.05, 4.69) is 35.4 Å². The highest BCUT2D eigenvalue weighted by Gasteiger charge is 2.05. The largest absolute Gasteiger partial charge is 0.361 e. The van der Waals surface area contributed by atoms with Crippen molar-refractivity contribution < 1.29 is 4.79 Å². The third-order valence-electron chi connectivity index (χ3n) is 3.00. The molecule has 2 aromatic rings. The average molecular weight is 245 g/mol. The summed E-state index contributed by atoms with van der Waals surface area (Å²) in [6.45, 7) is 2.74. The molecule has 0 fully saturated rings. The number of nitrogens with zero attached hydrogens (tertiary/aromatic N) is 1. The van der Waals surface area contributed by atoms with Gasteiger partial charge in [0.05, 0.1) is 0 Å². The van der Waals surface area contributed by atoms with Crippen LogP contribution < -0.4 is 5.32 Å². The lowest BCUT2D eigenvalue weighted by atomic mass is 10.1. The minimum absolute atomic E-state index is 0.0500. The first-order valence-corrected chi connectivity index (χ1v) is 6.09. The van der Waals surface area contributed by atoms with E-state index in [1.165, 1.54) is 16.5 Å². The number of aryl methyl sites for hydroxylation is 1. The molecule has 0 saturated heterocycles. The Morgan fingerprint density at radius 1 is 1.39 bits per heavy atom. The molecule has 0 aliphatic carbocycles. The Bertz CT molecular complexity index is 557. The summed E-state index contributed by atoms with van der Waals surface area (Å²) in [6.07, 6.45) is 2.86. The first-order chi connectivity index (χ1) is 8.58. The van der Waals surface area contributed by atoms with Crippen molar-refractivity contribution in [1.29, 1.82) is 0 Å². The zero-order chi connectivity index (χ0) is 13.1. The fraction of sp³-hybridized carbons (Fsp3) is 0.357. The molecular formula is C14H19N3O. The number of benzene rings is 1. The van der Waals surface area contributed by atoms with Crippen molar-refractivity contribution in [2.24, 2.45) is 0 Å². The van der Waals surface area contributed by atoms with Crippen LogP contribution in [0.2, 0.25) is 0 Å². The number of carbonyl (C=O) groups is 1. The predicted molar refractivity (Wildman–Crippen MR) is 73.8 cm³/mol. The van der Waals surface area contributed by atoms with Crippen LogP contribution in [0.15, 0.2) is 24.4 Å². The number of carbonyl (C=O) groups excluding carboxylic acids is 1. The number of rotatable bonds is 3. The molecule has 0 bridgehead atoms. The molecule has 0 saturated carbocycles. The Morgan fingerprint density at radius 2 is 2.17 bits per heavy atom. The van der Waals surface area contributed by atoms with Crippen LogP contribution in [0.4, 0.5) is 4.79 Å². The first-order valence-electron chi connectivity index (χ1n) is 6.09. The van der Waals surface area contributed by atoms with E-state index in [1.54, 1.807) is 19.0 Å². The lowest BCUT2D eigenvalue weighted by molar-refractivity contribution is 0.217. The molecule has 96 valence electrons. The van der Waals surface area contributed by atoms with Gasteiger partial charge in [-0.15, -0.1) is 0 Å². The van der Waals surface area contributed by atoms with E-state index in [0.717, 1.165) is 11.9 Å². The molecule has 0 atom stereocenters. The molecule has 1 aromatic carbocycles. The molecule has 0 spiro atoms. The third kappa shape index (κ3) is 2.64. The summed E-state index contributed by atoms with van der Waals surface area (Å²) in [5.41, 5.74) is 3.64. The summed E-state index contributed by atoms with van der Waals surface area (Å²) < 4.78 is 0. The van der Waals surface area contributed by atoms with Gasteiger partial charge in [0.1, 0.15) is 0 Å². The highest BCUT2D eigenvalue weighted by molar-refractivity contribution is 5.84. The summed E-state index contributed by atoms with van der Waals surface area (Å²) in [6, 6.07) is 6.31. The van der Waals surface area contributed by atoms with Crippen LogP contribution in [0.3, 0.4) is 0 Å². The van der Waals surface area contributed by atoms with Gasteiger partial charge in [0.25, 0.3) is 0 Å². The topological polar surface area (TPSA) is 48.1 Å². The second-order valence-corrected chi connectivity index (χ2v) is 4.74. The maximum Gasteiger partial charge on any atom is 0.316 e. The number of aromatic amines is 1. The standard InChI is InChI=1S/C14H19N3O/c1-10-4-5-13-12(8-10)11(9-16-13)6-7-15-14(18)17(2)3/h4-5,8-9,16H,6-7H2,1-3H3,(H,15,18). The Kier molecular flexibility index (Phi) is 3.55. The number of urea groups is 1. The van der Waals surface area contributed by atoms with Gasteiger partial charge in [-0.1, -0.05) is 11.6 Å². The number of H-pyrrole nitrogens is 1. The molecule has 1 heterocycles. The normalized spacial score (nSPS) is 10.6. The lowest BCUT2D eigenvalue weighted by Gasteiger charge is -2.11. The first kappa shape index (κ1) is 12.5. The van der Waals surface area contributed by atoms with Gasteiger partial charge >= 0.3 is 6.03 Å². The van der Waals surface area contributed by atoms with Crippen molar-refractivity contribution in [3.63, 3.8) is 0 Å². The summed E-state index contributed by atoms with van der Waals surface area (Å²) in [5, 5.41) is 4.12. The summed E-state index contributed by atoms with van der Waals surface area (Å²) in [5.74, 6) is 0. The van der Waals surface area contributed by atoms with Crippen molar-refractivity contribution in [3.05, 3.63) is 35.5 Å². The molecular weight excluding hydrogens is 226 g/mol. The molecule has 2 N–H and O–H groups in total. The molecule has 0 aliphatic heterocycles. The Hall–Kier alpha value is -1.97. The monoisotopic (exact) mass is 245 g/mol. The van der Waals surface area contributed by atoms with Crippen molar-refractivity contribution >= 4 is 16.9 Å². The number of hydrogen-bond donors (Lipinski definition) is 2. The van der Waals surface area contributed by atoms with E-state index in [1.807, 2.05) is 6.20 Å². The number of aromatic nitrogens is 1. The van der Waals surface area contributed by atoms with Gasteiger partial charge in [-0.05, 0) is 31.0 Å². The van der Waals surface area contributed by atoms with Gasteiger partial charge < -0.3 is 15.2 Å². The van der Waals surface area contributed by atoms with E-state index < -0.39 is 0 Å². The van der Waals surface area contributed by atoms with E-state index in [4.69, 9.17) is 0 Å². The second-order valence-electron chi connectivity index (χ2n) is 4.74. The number of nitrogens with one attached hydrogen (secondary N) is 2. The van der Waals surface area contributed by atoms with Crippen molar-refractivity contribution in [2.75, 3.05) is 20.6 Å². The molecule has 2 rings (SSSR count). The fourth-order valence-electron chi connectivity index (χ4n) is 1.96. The molecule has 0 radical (unpaired) electrons. The zero-order valence-corrected chi connectivity index (χ0v) is 11.1. The van der Waals surface area contributed by atoms with E-state index in [9.17, 15) is 4.79 Å². The van der Waals surface area contributed by atoms with Crippen LogP contribution in [0, 0.1) is 6.92 Å². The Balaban J connectivity index is 2.04. The van der Waals surface area contributed by atoms with Crippen molar-refractivity contribution in [2.45, 2.75) is 13.3 Å². The highest BCUT2D eigenvalue weighted by Crippen LogP contribution is 2.19. The predicted octanol–water partition coefficient (Wildman–Crippen LogP) is 2.29. The van der Waals surface area contributed by atoms with E-state index in [-0.39, 0.29) is 6.03 Å². The zero-order valence-electron chi connectivity index (χ0n) is 11.1. The highest BCUT2D eigenvalue weighted by atomic mass is 16.2. The fourth-order valence-corrected chi connectivity index (χ4v) is 1.96. The van der Waals surface area contributed by atoms with Crippen LogP contribution in [-0.2, 0) is 6.42 Å². The van der Waals surface area contributed by atoms with Crippen molar-refractivity contribution in [1.82, 2.24) is 15.2 Å². The number of hydrogen-bond acceptors (Lipinski definition) is 1. The molecule has 1 aromatic heterocycles. The van der Waals surface area contributed by atoms with Gasteiger partial charge in [0.15, 0.2) is 0 Å². The second kappa shape index (κ2) is 5.12. The molecule has 0 unspecified atom stereocenters. The van der Waals surface area contributed by atoms with Gasteiger partial charge in [0, 0.05) is 37.7 Å². The smallest absolute Gasteiger partial charge is 0.316 e. The molecule has 0 aliphatic rings. The van der Waals surface area contributed by atoms with Crippen LogP contribution >= 0.6 is 0 Å². The molecule has 2 amide bonds. The average Bonchev–Trinajstić information content (AvgIpc) is 2.71. The van der Waals surface area contributed by atoms with E-state index >= 15 is 0 Å². The minimum Gasteiger partial charge on any atom is -0.361 e. The van der Waals surface area contributed by atoms with Gasteiger partial charge in [-0.3, -0.25) is 0 Å². The number of fused-ring (bicyclic) bond motifs is 1. The maximum absolute atomic E-state index is 11.4. The maximum atomic E-state index is 11.4. The van der Waals surface area contributed by atoms with Crippen LogP contribution in [0.25, 0.3) is 10.9 Å². The quantitative estimate of drug-likeness (QED) is 0.856.